The van der Waals surface area contributed by atoms with E-state index < -0.39 is 11.7 Å². The van der Waals surface area contributed by atoms with E-state index >= 15 is 0 Å². The number of rotatable bonds is 7. The van der Waals surface area contributed by atoms with Gasteiger partial charge in [0.2, 0.25) is 0 Å². The van der Waals surface area contributed by atoms with Gasteiger partial charge in [0.15, 0.2) is 11.5 Å². The molecule has 0 bridgehead atoms. The van der Waals surface area contributed by atoms with Crippen LogP contribution in [0.3, 0.4) is 0 Å². The van der Waals surface area contributed by atoms with Crippen LogP contribution in [0, 0.1) is 0 Å². The quantitative estimate of drug-likeness (QED) is 0.406. The van der Waals surface area contributed by atoms with Crippen molar-refractivity contribution in [3.8, 4) is 11.5 Å². The van der Waals surface area contributed by atoms with Gasteiger partial charge in [-0.15, -0.1) is 0 Å². The number of hydrogen-bond acceptors (Lipinski definition) is 4. The summed E-state index contributed by atoms with van der Waals surface area (Å²) >= 11 is 0. The van der Waals surface area contributed by atoms with Gasteiger partial charge in [0.05, 0.1) is 24.6 Å². The van der Waals surface area contributed by atoms with Crippen molar-refractivity contribution in [2.24, 2.45) is 5.10 Å². The Kier molecular flexibility index (Phi) is 6.39. The van der Waals surface area contributed by atoms with Crippen LogP contribution >= 0.6 is 0 Å². The molecule has 1 N–H and O–H groups in total. The summed E-state index contributed by atoms with van der Waals surface area (Å²) in [5.74, 6) is 1.06. The van der Waals surface area contributed by atoms with Crippen molar-refractivity contribution in [3.63, 3.8) is 0 Å². The summed E-state index contributed by atoms with van der Waals surface area (Å²) in [6.07, 6.45) is -3.04. The standard InChI is InChI=1S/C22H19F3N2O2/c1-28-20-12-11-17(13-21(20)29-15-16-7-3-2-4-8-16)14-26-27-19-10-6-5-9-18(19)22(23,24)25/h2-14,27H,15H2,1H3. The molecule has 0 atom stereocenters. The molecule has 3 aromatic carbocycles. The summed E-state index contributed by atoms with van der Waals surface area (Å²) in [5, 5.41) is 3.93. The SMILES string of the molecule is COc1ccc(C=NNc2ccccc2C(F)(F)F)cc1OCc1ccccc1. The fraction of sp³-hybridized carbons (Fsp3) is 0.136. The van der Waals surface area contributed by atoms with Crippen molar-refractivity contribution in [3.05, 3.63) is 89.5 Å². The Morgan fingerprint density at radius 2 is 1.66 bits per heavy atom. The molecule has 29 heavy (non-hydrogen) atoms. The van der Waals surface area contributed by atoms with Crippen molar-refractivity contribution in [2.75, 3.05) is 12.5 Å². The van der Waals surface area contributed by atoms with Crippen molar-refractivity contribution < 1.29 is 22.6 Å². The lowest BCUT2D eigenvalue weighted by atomic mass is 10.2. The highest BCUT2D eigenvalue weighted by atomic mass is 19.4. The number of methoxy groups -OCH3 is 1. The maximum Gasteiger partial charge on any atom is 0.418 e. The summed E-state index contributed by atoms with van der Waals surface area (Å²) in [6, 6.07) is 20.0. The van der Waals surface area contributed by atoms with Gasteiger partial charge in [0.1, 0.15) is 6.61 Å². The first-order valence-electron chi connectivity index (χ1n) is 8.77. The van der Waals surface area contributed by atoms with Gasteiger partial charge in [-0.05, 0) is 41.5 Å². The molecule has 0 unspecified atom stereocenters. The highest BCUT2D eigenvalue weighted by Gasteiger charge is 2.33. The van der Waals surface area contributed by atoms with Gasteiger partial charge in [-0.2, -0.15) is 18.3 Å². The van der Waals surface area contributed by atoms with E-state index in [0.717, 1.165) is 11.6 Å². The number of hydrogen-bond donors (Lipinski definition) is 1. The van der Waals surface area contributed by atoms with Gasteiger partial charge in [-0.25, -0.2) is 0 Å². The van der Waals surface area contributed by atoms with Gasteiger partial charge in [-0.3, -0.25) is 5.43 Å². The minimum Gasteiger partial charge on any atom is -0.493 e. The van der Waals surface area contributed by atoms with Gasteiger partial charge in [0, 0.05) is 0 Å². The molecule has 0 amide bonds. The van der Waals surface area contributed by atoms with E-state index in [9.17, 15) is 13.2 Å². The van der Waals surface area contributed by atoms with Gasteiger partial charge >= 0.3 is 6.18 Å². The molecule has 0 aliphatic heterocycles. The highest BCUT2D eigenvalue weighted by molar-refractivity contribution is 5.81. The Morgan fingerprint density at radius 3 is 2.38 bits per heavy atom. The number of nitrogens with zero attached hydrogens (tertiary/aromatic N) is 1. The smallest absolute Gasteiger partial charge is 0.418 e. The monoisotopic (exact) mass is 400 g/mol. The zero-order valence-corrected chi connectivity index (χ0v) is 15.6. The lowest BCUT2D eigenvalue weighted by Gasteiger charge is -2.12. The number of ether oxygens (including phenoxy) is 2. The van der Waals surface area contributed by atoms with Crippen LogP contribution in [-0.2, 0) is 12.8 Å². The number of benzene rings is 3. The molecule has 0 heterocycles. The molecule has 4 nitrogen and oxygen atoms in total. The van der Waals surface area contributed by atoms with E-state index in [0.29, 0.717) is 23.7 Å². The predicted molar refractivity (Wildman–Crippen MR) is 106 cm³/mol. The molecule has 0 spiro atoms. The lowest BCUT2D eigenvalue weighted by Crippen LogP contribution is -2.08. The molecule has 0 saturated heterocycles. The number of para-hydroxylation sites is 1. The Morgan fingerprint density at radius 1 is 0.931 bits per heavy atom. The van der Waals surface area contributed by atoms with Crippen LogP contribution in [0.25, 0.3) is 0 Å². The molecule has 150 valence electrons. The fourth-order valence-corrected chi connectivity index (χ4v) is 2.63. The maximum atomic E-state index is 13.0. The Balaban J connectivity index is 1.73. The van der Waals surface area contributed by atoms with Gasteiger partial charge in [-0.1, -0.05) is 42.5 Å². The highest BCUT2D eigenvalue weighted by Crippen LogP contribution is 2.34. The summed E-state index contributed by atoms with van der Waals surface area (Å²) in [7, 11) is 1.54. The summed E-state index contributed by atoms with van der Waals surface area (Å²) in [4.78, 5) is 0. The number of hydrazone groups is 1. The molecule has 7 heteroatoms. The summed E-state index contributed by atoms with van der Waals surface area (Å²) in [6.45, 7) is 0.356. The van der Waals surface area contributed by atoms with E-state index in [1.807, 2.05) is 30.3 Å². The Hall–Kier alpha value is -3.48. The van der Waals surface area contributed by atoms with Gasteiger partial charge < -0.3 is 9.47 Å². The molecule has 0 fully saturated rings. The third-order valence-corrected chi connectivity index (χ3v) is 4.06. The first-order valence-corrected chi connectivity index (χ1v) is 8.77. The molecule has 0 aliphatic carbocycles. The van der Waals surface area contributed by atoms with Crippen molar-refractivity contribution in [1.29, 1.82) is 0 Å². The minimum absolute atomic E-state index is 0.120. The molecular weight excluding hydrogens is 381 g/mol. The average molecular weight is 400 g/mol. The largest absolute Gasteiger partial charge is 0.493 e. The van der Waals surface area contributed by atoms with Crippen LogP contribution in [0.15, 0.2) is 77.9 Å². The van der Waals surface area contributed by atoms with Crippen molar-refractivity contribution in [2.45, 2.75) is 12.8 Å². The fourth-order valence-electron chi connectivity index (χ4n) is 2.63. The normalized spacial score (nSPS) is 11.4. The molecular formula is C22H19F3N2O2. The topological polar surface area (TPSA) is 42.8 Å². The van der Waals surface area contributed by atoms with E-state index in [2.05, 4.69) is 10.5 Å². The molecule has 0 aromatic heterocycles. The Bertz CT molecular complexity index is 973. The average Bonchev–Trinajstić information content (AvgIpc) is 2.73. The second-order valence-corrected chi connectivity index (χ2v) is 6.10. The second kappa shape index (κ2) is 9.14. The minimum atomic E-state index is -4.46. The third kappa shape index (κ3) is 5.51. The first-order chi connectivity index (χ1) is 14.0. The van der Waals surface area contributed by atoms with E-state index in [1.165, 1.54) is 31.5 Å². The predicted octanol–water partition coefficient (Wildman–Crippen LogP) is 5.74. The second-order valence-electron chi connectivity index (χ2n) is 6.10. The molecule has 0 radical (unpaired) electrons. The molecule has 3 rings (SSSR count). The molecule has 3 aromatic rings. The lowest BCUT2D eigenvalue weighted by molar-refractivity contribution is -0.136. The number of anilines is 1. The van der Waals surface area contributed by atoms with Crippen molar-refractivity contribution in [1.82, 2.24) is 0 Å². The van der Waals surface area contributed by atoms with E-state index in [-0.39, 0.29) is 5.69 Å². The van der Waals surface area contributed by atoms with E-state index in [4.69, 9.17) is 9.47 Å². The van der Waals surface area contributed by atoms with Crippen molar-refractivity contribution >= 4 is 11.9 Å². The summed E-state index contributed by atoms with van der Waals surface area (Å²) < 4.78 is 50.2. The third-order valence-electron chi connectivity index (χ3n) is 4.06. The van der Waals surface area contributed by atoms with Crippen LogP contribution in [0.5, 0.6) is 11.5 Å². The number of halogens is 3. The Labute approximate surface area is 166 Å². The zero-order chi connectivity index (χ0) is 20.7. The number of nitrogens with one attached hydrogen (secondary N) is 1. The van der Waals surface area contributed by atoms with Crippen LogP contribution in [0.2, 0.25) is 0 Å². The number of alkyl halides is 3. The van der Waals surface area contributed by atoms with Crippen LogP contribution in [0.4, 0.5) is 18.9 Å². The zero-order valence-electron chi connectivity index (χ0n) is 15.6. The van der Waals surface area contributed by atoms with Crippen LogP contribution in [0.1, 0.15) is 16.7 Å². The van der Waals surface area contributed by atoms with Crippen LogP contribution < -0.4 is 14.9 Å². The first kappa shape index (κ1) is 20.3. The van der Waals surface area contributed by atoms with Gasteiger partial charge in [0.25, 0.3) is 0 Å². The maximum absolute atomic E-state index is 13.0. The molecule has 0 saturated carbocycles. The summed E-state index contributed by atoms with van der Waals surface area (Å²) in [5.41, 5.74) is 3.20. The molecule has 0 aliphatic rings. The van der Waals surface area contributed by atoms with E-state index in [1.54, 1.807) is 18.2 Å². The van der Waals surface area contributed by atoms with Crippen LogP contribution in [-0.4, -0.2) is 13.3 Å².